The number of hydrogen-bond donors (Lipinski definition) is 3. The Hall–Kier alpha value is -1.44. The summed E-state index contributed by atoms with van der Waals surface area (Å²) in [5, 5.41) is 14.5. The van der Waals surface area contributed by atoms with E-state index in [1.54, 1.807) is 0 Å². The van der Waals surface area contributed by atoms with E-state index in [4.69, 9.17) is 0 Å². The van der Waals surface area contributed by atoms with Crippen LogP contribution in [0.2, 0.25) is 0 Å². The van der Waals surface area contributed by atoms with Crippen molar-refractivity contribution in [2.75, 3.05) is 12.3 Å². The summed E-state index contributed by atoms with van der Waals surface area (Å²) < 4.78 is 0. The van der Waals surface area contributed by atoms with Gasteiger partial charge in [0.1, 0.15) is 6.04 Å². The zero-order valence-corrected chi connectivity index (χ0v) is 12.3. The van der Waals surface area contributed by atoms with E-state index in [0.717, 1.165) is 0 Å². The molecule has 2 rings (SSSR count). The van der Waals surface area contributed by atoms with Crippen molar-refractivity contribution >= 4 is 29.7 Å². The first-order valence-corrected chi connectivity index (χ1v) is 7.65. The largest absolute Gasteiger partial charge is 0.480 e. The van der Waals surface area contributed by atoms with Crippen molar-refractivity contribution in [1.29, 1.82) is 0 Å². The average Bonchev–Trinajstić information content (AvgIpc) is 2.95. The summed E-state index contributed by atoms with van der Waals surface area (Å²) in [5.74, 6) is -0.524. The number of rotatable bonds is 3. The lowest BCUT2D eigenvalue weighted by Crippen LogP contribution is -2.53. The molecular formula is C12H19N3O4S. The van der Waals surface area contributed by atoms with Gasteiger partial charge in [0, 0.05) is 18.7 Å². The fourth-order valence-electron chi connectivity index (χ4n) is 2.45. The van der Waals surface area contributed by atoms with Gasteiger partial charge in [0.25, 0.3) is 0 Å². The van der Waals surface area contributed by atoms with Crippen molar-refractivity contribution in [1.82, 2.24) is 15.5 Å². The minimum atomic E-state index is -0.989. The van der Waals surface area contributed by atoms with Crippen LogP contribution in [0, 0.1) is 5.92 Å². The predicted molar refractivity (Wildman–Crippen MR) is 74.3 cm³/mol. The Morgan fingerprint density at radius 1 is 1.50 bits per heavy atom. The lowest BCUT2D eigenvalue weighted by atomic mass is 10.1. The molecule has 8 heteroatoms. The standard InChI is InChI=1S/C12H19N3O4S/c1-6(2)10-15(8(5-20-10)11(17)18)12(19)14-7-3-9(16)13-4-7/h6-8,10H,3-5H2,1-2H3,(H,13,16)(H,14,19)(H,17,18). The molecule has 2 aliphatic rings. The Bertz CT molecular complexity index is 429. The van der Waals surface area contributed by atoms with Crippen molar-refractivity contribution in [3.63, 3.8) is 0 Å². The molecule has 0 aromatic carbocycles. The average molecular weight is 301 g/mol. The molecular weight excluding hydrogens is 282 g/mol. The first kappa shape index (κ1) is 15.0. The SMILES string of the molecule is CC(C)C1SCC(C(=O)O)N1C(=O)NC1CNC(=O)C1. The van der Waals surface area contributed by atoms with Crippen molar-refractivity contribution in [3.8, 4) is 0 Å². The molecule has 7 nitrogen and oxygen atoms in total. The molecule has 112 valence electrons. The molecule has 2 saturated heterocycles. The molecule has 3 unspecified atom stereocenters. The summed E-state index contributed by atoms with van der Waals surface area (Å²) in [6, 6.07) is -1.47. The number of aliphatic carboxylic acids is 1. The van der Waals surface area contributed by atoms with E-state index in [0.29, 0.717) is 12.3 Å². The van der Waals surface area contributed by atoms with Gasteiger partial charge in [-0.15, -0.1) is 11.8 Å². The normalized spacial score (nSPS) is 29.6. The van der Waals surface area contributed by atoms with Crippen LogP contribution >= 0.6 is 11.8 Å². The first-order valence-electron chi connectivity index (χ1n) is 6.60. The molecule has 0 radical (unpaired) electrons. The Kier molecular flexibility index (Phi) is 4.42. The van der Waals surface area contributed by atoms with Gasteiger partial charge in [-0.1, -0.05) is 13.8 Å². The summed E-state index contributed by atoms with van der Waals surface area (Å²) in [5.41, 5.74) is 0. The fraction of sp³-hybridized carbons (Fsp3) is 0.750. The summed E-state index contributed by atoms with van der Waals surface area (Å²) in [6.07, 6.45) is 0.247. The molecule has 0 saturated carbocycles. The van der Waals surface area contributed by atoms with Crippen LogP contribution in [0.5, 0.6) is 0 Å². The van der Waals surface area contributed by atoms with Crippen LogP contribution < -0.4 is 10.6 Å². The van der Waals surface area contributed by atoms with Crippen LogP contribution in [0.4, 0.5) is 4.79 Å². The number of nitrogens with zero attached hydrogens (tertiary/aromatic N) is 1. The van der Waals surface area contributed by atoms with Gasteiger partial charge >= 0.3 is 12.0 Å². The summed E-state index contributed by atoms with van der Waals surface area (Å²) in [4.78, 5) is 36.1. The third-order valence-corrected chi connectivity index (χ3v) is 5.05. The molecule has 2 heterocycles. The topological polar surface area (TPSA) is 98.7 Å². The number of thioether (sulfide) groups is 1. The highest BCUT2D eigenvalue weighted by atomic mass is 32.2. The van der Waals surface area contributed by atoms with E-state index >= 15 is 0 Å². The summed E-state index contributed by atoms with van der Waals surface area (Å²) in [6.45, 7) is 4.32. The molecule has 3 N–H and O–H groups in total. The maximum Gasteiger partial charge on any atom is 0.327 e. The van der Waals surface area contributed by atoms with Gasteiger partial charge in [0.2, 0.25) is 5.91 Å². The molecule has 0 spiro atoms. The lowest BCUT2D eigenvalue weighted by molar-refractivity contribution is -0.141. The van der Waals surface area contributed by atoms with E-state index in [1.807, 2.05) is 13.8 Å². The van der Waals surface area contributed by atoms with Crippen molar-refractivity contribution in [2.24, 2.45) is 5.92 Å². The van der Waals surface area contributed by atoms with E-state index in [9.17, 15) is 19.5 Å². The molecule has 2 aliphatic heterocycles. The van der Waals surface area contributed by atoms with Crippen LogP contribution in [-0.4, -0.2) is 57.7 Å². The van der Waals surface area contributed by atoms with Gasteiger partial charge in [0.15, 0.2) is 0 Å². The second kappa shape index (κ2) is 5.90. The molecule has 0 bridgehead atoms. The van der Waals surface area contributed by atoms with E-state index in [-0.39, 0.29) is 29.7 Å². The van der Waals surface area contributed by atoms with Crippen molar-refractivity contribution in [2.45, 2.75) is 37.7 Å². The van der Waals surface area contributed by atoms with Crippen LogP contribution in [0.25, 0.3) is 0 Å². The smallest absolute Gasteiger partial charge is 0.327 e. The number of carboxylic acid groups (broad SMARTS) is 1. The first-order chi connectivity index (χ1) is 9.40. The number of carboxylic acids is 1. The van der Waals surface area contributed by atoms with Gasteiger partial charge in [0.05, 0.1) is 11.4 Å². The van der Waals surface area contributed by atoms with Crippen LogP contribution in [-0.2, 0) is 9.59 Å². The third kappa shape index (κ3) is 3.00. The molecule has 0 aliphatic carbocycles. The molecule has 2 fully saturated rings. The molecule has 3 atom stereocenters. The van der Waals surface area contributed by atoms with E-state index in [1.165, 1.54) is 16.7 Å². The number of amides is 3. The van der Waals surface area contributed by atoms with Gasteiger partial charge in [-0.25, -0.2) is 9.59 Å². The quantitative estimate of drug-likeness (QED) is 0.685. The third-order valence-electron chi connectivity index (χ3n) is 3.43. The van der Waals surface area contributed by atoms with Gasteiger partial charge < -0.3 is 15.7 Å². The van der Waals surface area contributed by atoms with Crippen molar-refractivity contribution in [3.05, 3.63) is 0 Å². The van der Waals surface area contributed by atoms with Gasteiger partial charge in [-0.3, -0.25) is 9.69 Å². The lowest BCUT2D eigenvalue weighted by Gasteiger charge is -2.30. The number of carbonyl (C=O) groups excluding carboxylic acids is 2. The highest BCUT2D eigenvalue weighted by molar-refractivity contribution is 8.00. The highest BCUT2D eigenvalue weighted by Gasteiger charge is 2.43. The maximum absolute atomic E-state index is 12.3. The van der Waals surface area contributed by atoms with Gasteiger partial charge in [-0.2, -0.15) is 0 Å². The van der Waals surface area contributed by atoms with Crippen LogP contribution in [0.15, 0.2) is 0 Å². The van der Waals surface area contributed by atoms with Gasteiger partial charge in [-0.05, 0) is 5.92 Å². The second-order valence-corrected chi connectivity index (χ2v) is 6.53. The van der Waals surface area contributed by atoms with Crippen LogP contribution in [0.3, 0.4) is 0 Å². The summed E-state index contributed by atoms with van der Waals surface area (Å²) in [7, 11) is 0. The fourth-order valence-corrected chi connectivity index (χ4v) is 3.92. The number of urea groups is 1. The zero-order valence-electron chi connectivity index (χ0n) is 11.5. The molecule has 0 aromatic heterocycles. The molecule has 3 amide bonds. The Morgan fingerprint density at radius 3 is 2.70 bits per heavy atom. The maximum atomic E-state index is 12.3. The monoisotopic (exact) mass is 301 g/mol. The Morgan fingerprint density at radius 2 is 2.20 bits per heavy atom. The van der Waals surface area contributed by atoms with E-state index < -0.39 is 18.0 Å². The molecule has 0 aromatic rings. The van der Waals surface area contributed by atoms with Crippen LogP contribution in [0.1, 0.15) is 20.3 Å². The molecule has 20 heavy (non-hydrogen) atoms. The summed E-state index contributed by atoms with van der Waals surface area (Å²) >= 11 is 1.48. The Balaban J connectivity index is 2.06. The predicted octanol–water partition coefficient (Wildman–Crippen LogP) is 0.0686. The van der Waals surface area contributed by atoms with Crippen molar-refractivity contribution < 1.29 is 19.5 Å². The second-order valence-electron chi connectivity index (χ2n) is 5.38. The number of hydrogen-bond acceptors (Lipinski definition) is 4. The minimum Gasteiger partial charge on any atom is -0.480 e. The van der Waals surface area contributed by atoms with E-state index in [2.05, 4.69) is 10.6 Å². The number of carbonyl (C=O) groups is 3. The Labute approximate surface area is 121 Å². The highest BCUT2D eigenvalue weighted by Crippen LogP contribution is 2.34. The zero-order chi connectivity index (χ0) is 14.9. The number of nitrogens with one attached hydrogen (secondary N) is 2. The minimum absolute atomic E-state index is 0.0960.